The van der Waals surface area contributed by atoms with Crippen LogP contribution in [0.15, 0.2) is 42.5 Å². The second-order valence-corrected chi connectivity index (χ2v) is 6.31. The van der Waals surface area contributed by atoms with Crippen LogP contribution in [0, 0.1) is 17.0 Å². The zero-order valence-corrected chi connectivity index (χ0v) is 14.3. The largest absolute Gasteiger partial charge is 0.324 e. The van der Waals surface area contributed by atoms with Crippen molar-refractivity contribution in [3.8, 4) is 0 Å². The molecule has 2 heterocycles. The molecule has 1 unspecified atom stereocenters. The fourth-order valence-electron chi connectivity index (χ4n) is 3.21. The highest BCUT2D eigenvalue weighted by molar-refractivity contribution is 6.03. The van der Waals surface area contributed by atoms with Gasteiger partial charge in [0.2, 0.25) is 17.8 Å². The number of hydrogen-bond acceptors (Lipinski definition) is 5. The topological polar surface area (TPSA) is 119 Å². The number of fused-ring (bicyclic) bond motifs is 3. The highest BCUT2D eigenvalue weighted by Gasteiger charge is 2.33. The number of amides is 2. The number of nitrogens with one attached hydrogen (secondary N) is 2. The number of para-hydroxylation sites is 2. The van der Waals surface area contributed by atoms with E-state index in [1.54, 1.807) is 29.7 Å². The van der Waals surface area contributed by atoms with Gasteiger partial charge >= 0.3 is 0 Å². The van der Waals surface area contributed by atoms with Crippen molar-refractivity contribution in [2.45, 2.75) is 19.4 Å². The molecule has 3 aromatic rings. The lowest BCUT2D eigenvalue weighted by Gasteiger charge is -2.25. The second-order valence-electron chi connectivity index (χ2n) is 6.31. The summed E-state index contributed by atoms with van der Waals surface area (Å²) in [5.41, 5.74) is 2.11. The van der Waals surface area contributed by atoms with Crippen LogP contribution in [0.4, 0.5) is 17.3 Å². The molecule has 2 N–H and O–H groups in total. The van der Waals surface area contributed by atoms with E-state index in [0.29, 0.717) is 22.7 Å². The van der Waals surface area contributed by atoms with Crippen LogP contribution in [0.1, 0.15) is 18.0 Å². The molecule has 0 radical (unpaired) electrons. The van der Waals surface area contributed by atoms with Crippen LogP contribution in [0.25, 0.3) is 11.0 Å². The molecule has 0 fully saturated rings. The minimum atomic E-state index is -0.804. The van der Waals surface area contributed by atoms with Crippen molar-refractivity contribution in [3.05, 3.63) is 58.1 Å². The number of nitrogens with zero attached hydrogens (tertiary/aromatic N) is 3. The van der Waals surface area contributed by atoms with Gasteiger partial charge in [-0.25, -0.2) is 4.98 Å². The molecule has 1 aromatic heterocycles. The van der Waals surface area contributed by atoms with Crippen molar-refractivity contribution in [1.29, 1.82) is 0 Å². The van der Waals surface area contributed by atoms with E-state index in [9.17, 15) is 19.7 Å². The maximum atomic E-state index is 12.9. The average molecular weight is 365 g/mol. The van der Waals surface area contributed by atoms with Gasteiger partial charge in [0.25, 0.3) is 5.69 Å². The summed E-state index contributed by atoms with van der Waals surface area (Å²) in [4.78, 5) is 39.9. The Bertz CT molecular complexity index is 1100. The standard InChI is InChI=1S/C18H15N5O4/c1-10-6-7-11(8-14(10)23(26)27)19-17(25)15-9-16(24)21-18-20-12-4-2-3-5-13(12)22(15)18/h2-8,15H,9H2,1H3,(H,19,25)(H,20,21,24). The normalized spacial score (nSPS) is 15.9. The Morgan fingerprint density at radius 2 is 2.11 bits per heavy atom. The Labute approximate surface area is 153 Å². The van der Waals surface area contributed by atoms with E-state index in [-0.39, 0.29) is 18.0 Å². The van der Waals surface area contributed by atoms with E-state index in [0.717, 1.165) is 5.52 Å². The van der Waals surface area contributed by atoms with E-state index in [2.05, 4.69) is 15.6 Å². The highest BCUT2D eigenvalue weighted by Crippen LogP contribution is 2.31. The Kier molecular flexibility index (Phi) is 3.84. The lowest BCUT2D eigenvalue weighted by atomic mass is 10.1. The Morgan fingerprint density at radius 3 is 2.89 bits per heavy atom. The van der Waals surface area contributed by atoms with Crippen LogP contribution >= 0.6 is 0 Å². The lowest BCUT2D eigenvalue weighted by molar-refractivity contribution is -0.385. The van der Waals surface area contributed by atoms with Crippen LogP contribution in [-0.2, 0) is 9.59 Å². The van der Waals surface area contributed by atoms with Crippen LogP contribution in [0.3, 0.4) is 0 Å². The van der Waals surface area contributed by atoms with E-state index in [1.165, 1.54) is 6.07 Å². The first kappa shape index (κ1) is 16.7. The van der Waals surface area contributed by atoms with Crippen LogP contribution in [0.2, 0.25) is 0 Å². The van der Waals surface area contributed by atoms with Gasteiger partial charge in [-0.15, -0.1) is 0 Å². The average Bonchev–Trinajstić information content (AvgIpc) is 3.00. The van der Waals surface area contributed by atoms with Crippen molar-refractivity contribution in [3.63, 3.8) is 0 Å². The molecule has 4 rings (SSSR count). The summed E-state index contributed by atoms with van der Waals surface area (Å²) in [6.45, 7) is 1.62. The maximum Gasteiger partial charge on any atom is 0.274 e. The van der Waals surface area contributed by atoms with Gasteiger partial charge in [0.05, 0.1) is 22.4 Å². The molecule has 9 nitrogen and oxygen atoms in total. The summed E-state index contributed by atoms with van der Waals surface area (Å²) in [6.07, 6.45) is -0.0485. The summed E-state index contributed by atoms with van der Waals surface area (Å²) in [6, 6.07) is 10.9. The molecule has 0 saturated heterocycles. The van der Waals surface area contributed by atoms with Gasteiger partial charge in [-0.3, -0.25) is 29.6 Å². The number of aryl methyl sites for hydroxylation is 1. The number of carbonyl (C=O) groups is 2. The minimum absolute atomic E-state index is 0.0485. The first-order chi connectivity index (χ1) is 12.9. The van der Waals surface area contributed by atoms with E-state index < -0.39 is 16.9 Å². The molecule has 2 aromatic carbocycles. The molecule has 136 valence electrons. The molecule has 0 saturated carbocycles. The molecule has 0 bridgehead atoms. The zero-order valence-electron chi connectivity index (χ0n) is 14.3. The zero-order chi connectivity index (χ0) is 19.1. The van der Waals surface area contributed by atoms with Crippen molar-refractivity contribution in [1.82, 2.24) is 9.55 Å². The number of nitro benzene ring substituents is 1. The first-order valence-electron chi connectivity index (χ1n) is 8.27. The minimum Gasteiger partial charge on any atom is -0.324 e. The Morgan fingerprint density at radius 1 is 1.33 bits per heavy atom. The van der Waals surface area contributed by atoms with Crippen LogP contribution in [-0.4, -0.2) is 26.3 Å². The molecule has 1 aliphatic rings. The van der Waals surface area contributed by atoms with Crippen molar-refractivity contribution >= 4 is 40.2 Å². The van der Waals surface area contributed by atoms with E-state index in [4.69, 9.17) is 0 Å². The third-order valence-electron chi connectivity index (χ3n) is 4.51. The van der Waals surface area contributed by atoms with E-state index in [1.807, 2.05) is 18.2 Å². The molecule has 2 amide bonds. The van der Waals surface area contributed by atoms with Gasteiger partial charge in [0.15, 0.2) is 0 Å². The van der Waals surface area contributed by atoms with Crippen molar-refractivity contribution in [2.24, 2.45) is 0 Å². The molecule has 1 atom stereocenters. The Balaban J connectivity index is 1.70. The van der Waals surface area contributed by atoms with Gasteiger partial charge in [-0.2, -0.15) is 0 Å². The number of nitro groups is 1. The van der Waals surface area contributed by atoms with Crippen LogP contribution in [0.5, 0.6) is 0 Å². The fraction of sp³-hybridized carbons (Fsp3) is 0.167. The summed E-state index contributed by atoms with van der Waals surface area (Å²) in [5.74, 6) is -0.442. The monoisotopic (exact) mass is 365 g/mol. The number of carbonyl (C=O) groups excluding carboxylic acids is 2. The Hall–Kier alpha value is -3.75. The predicted molar refractivity (Wildman–Crippen MR) is 98.5 cm³/mol. The van der Waals surface area contributed by atoms with Crippen molar-refractivity contribution in [2.75, 3.05) is 10.6 Å². The highest BCUT2D eigenvalue weighted by atomic mass is 16.6. The molecular weight excluding hydrogens is 350 g/mol. The summed E-state index contributed by atoms with van der Waals surface area (Å²) >= 11 is 0. The summed E-state index contributed by atoms with van der Waals surface area (Å²) in [7, 11) is 0. The SMILES string of the molecule is Cc1ccc(NC(=O)C2CC(=O)Nc3nc4ccccc4n32)cc1[N+](=O)[O-]. The first-order valence-corrected chi connectivity index (χ1v) is 8.27. The number of benzene rings is 2. The number of hydrogen-bond donors (Lipinski definition) is 2. The smallest absolute Gasteiger partial charge is 0.274 e. The fourth-order valence-corrected chi connectivity index (χ4v) is 3.21. The summed E-state index contributed by atoms with van der Waals surface area (Å²) in [5, 5.41) is 16.5. The van der Waals surface area contributed by atoms with Gasteiger partial charge in [0, 0.05) is 17.3 Å². The molecule has 9 heteroatoms. The van der Waals surface area contributed by atoms with Gasteiger partial charge in [0.1, 0.15) is 6.04 Å². The quantitative estimate of drug-likeness (QED) is 0.546. The molecule has 0 aliphatic carbocycles. The second kappa shape index (κ2) is 6.20. The number of aromatic nitrogens is 2. The number of anilines is 2. The predicted octanol–water partition coefficient (Wildman–Crippen LogP) is 2.77. The summed E-state index contributed by atoms with van der Waals surface area (Å²) < 4.78 is 1.68. The third kappa shape index (κ3) is 2.88. The number of rotatable bonds is 3. The van der Waals surface area contributed by atoms with Gasteiger partial charge in [-0.05, 0) is 25.1 Å². The van der Waals surface area contributed by atoms with Gasteiger partial charge in [-0.1, -0.05) is 18.2 Å². The lowest BCUT2D eigenvalue weighted by Crippen LogP contribution is -2.35. The third-order valence-corrected chi connectivity index (χ3v) is 4.51. The van der Waals surface area contributed by atoms with Gasteiger partial charge < -0.3 is 5.32 Å². The maximum absolute atomic E-state index is 12.9. The van der Waals surface area contributed by atoms with Crippen LogP contribution < -0.4 is 10.6 Å². The molecule has 27 heavy (non-hydrogen) atoms. The molecule has 0 spiro atoms. The number of imidazole rings is 1. The molecule has 1 aliphatic heterocycles. The van der Waals surface area contributed by atoms with E-state index >= 15 is 0 Å². The van der Waals surface area contributed by atoms with Crippen molar-refractivity contribution < 1.29 is 14.5 Å². The molecular formula is C18H15N5O4.